The zero-order valence-corrected chi connectivity index (χ0v) is 9.86. The molecule has 0 aliphatic heterocycles. The summed E-state index contributed by atoms with van der Waals surface area (Å²) < 4.78 is 0. The molecule has 1 rings (SSSR count). The summed E-state index contributed by atoms with van der Waals surface area (Å²) in [6.07, 6.45) is 1.97. The van der Waals surface area contributed by atoms with Crippen LogP contribution in [0.1, 0.15) is 12.8 Å². The predicted molar refractivity (Wildman–Crippen MR) is 60.9 cm³/mol. The Morgan fingerprint density at radius 1 is 1.35 bits per heavy atom. The normalized spacial score (nSPS) is 14.0. The molecule has 1 aliphatic rings. The summed E-state index contributed by atoms with van der Waals surface area (Å²) in [4.78, 5) is 35.2. The first-order valence-corrected chi connectivity index (χ1v) is 5.57. The maximum atomic E-state index is 11.5. The Kier molecular flexibility index (Phi) is 4.89. The minimum absolute atomic E-state index is 0.106. The van der Waals surface area contributed by atoms with Crippen molar-refractivity contribution in [1.82, 2.24) is 15.5 Å². The van der Waals surface area contributed by atoms with Gasteiger partial charge in [0.2, 0.25) is 5.91 Å². The summed E-state index contributed by atoms with van der Waals surface area (Å²) in [6, 6.07) is 0.247. The second-order valence-electron chi connectivity index (χ2n) is 4.05. The summed E-state index contributed by atoms with van der Waals surface area (Å²) in [5.74, 6) is -1.71. The van der Waals surface area contributed by atoms with Gasteiger partial charge in [-0.1, -0.05) is 0 Å². The molecule has 96 valence electrons. The molecule has 7 heteroatoms. The van der Waals surface area contributed by atoms with E-state index >= 15 is 0 Å². The zero-order chi connectivity index (χ0) is 12.8. The van der Waals surface area contributed by atoms with Crippen molar-refractivity contribution in [2.75, 3.05) is 26.7 Å². The average molecular weight is 242 g/mol. The van der Waals surface area contributed by atoms with E-state index in [1.54, 1.807) is 0 Å². The molecule has 0 aromatic heterocycles. The van der Waals surface area contributed by atoms with Gasteiger partial charge in [0.1, 0.15) is 0 Å². The van der Waals surface area contributed by atoms with E-state index in [1.165, 1.54) is 7.05 Å². The highest BCUT2D eigenvalue weighted by Crippen LogP contribution is 2.18. The van der Waals surface area contributed by atoms with Crippen LogP contribution in [0.5, 0.6) is 0 Å². The molecule has 0 bridgehead atoms. The number of likely N-dealkylation sites (N-methyl/N-ethyl adjacent to an activating group) is 1. The molecule has 7 nitrogen and oxygen atoms in total. The second-order valence-corrected chi connectivity index (χ2v) is 4.05. The zero-order valence-electron chi connectivity index (χ0n) is 9.86. The number of nitrogens with zero attached hydrogens (tertiary/aromatic N) is 1. The number of hydrogen-bond acceptors (Lipinski definition) is 4. The minimum Gasteiger partial charge on any atom is -0.352 e. The monoisotopic (exact) mass is 242 g/mol. The van der Waals surface area contributed by atoms with E-state index in [-0.39, 0.29) is 31.6 Å². The summed E-state index contributed by atoms with van der Waals surface area (Å²) in [7, 11) is 1.41. The van der Waals surface area contributed by atoms with Crippen molar-refractivity contribution in [3.05, 3.63) is 0 Å². The van der Waals surface area contributed by atoms with Crippen LogP contribution >= 0.6 is 0 Å². The van der Waals surface area contributed by atoms with Gasteiger partial charge in [-0.25, -0.2) is 0 Å². The second kappa shape index (κ2) is 6.19. The molecule has 3 amide bonds. The number of amides is 3. The highest BCUT2D eigenvalue weighted by atomic mass is 16.2. The quantitative estimate of drug-likeness (QED) is 0.476. The fraction of sp³-hybridized carbons (Fsp3) is 0.700. The van der Waals surface area contributed by atoms with Crippen molar-refractivity contribution in [2.45, 2.75) is 18.9 Å². The lowest BCUT2D eigenvalue weighted by atomic mass is 10.4. The number of carbonyl (C=O) groups excluding carboxylic acids is 3. The van der Waals surface area contributed by atoms with Crippen LogP contribution in [0, 0.1) is 0 Å². The number of hydrogen-bond donors (Lipinski definition) is 3. The first-order valence-electron chi connectivity index (χ1n) is 5.57. The van der Waals surface area contributed by atoms with E-state index in [0.29, 0.717) is 0 Å². The third-order valence-corrected chi connectivity index (χ3v) is 2.29. The Morgan fingerprint density at radius 3 is 2.53 bits per heavy atom. The van der Waals surface area contributed by atoms with Crippen LogP contribution in [0.4, 0.5) is 0 Å². The van der Waals surface area contributed by atoms with Gasteiger partial charge in [-0.2, -0.15) is 0 Å². The van der Waals surface area contributed by atoms with Crippen molar-refractivity contribution in [3.8, 4) is 0 Å². The van der Waals surface area contributed by atoms with Gasteiger partial charge in [0.15, 0.2) is 0 Å². The minimum atomic E-state index is -0.739. The molecular formula is C10H18N4O3. The van der Waals surface area contributed by atoms with Crippen LogP contribution in [0.2, 0.25) is 0 Å². The Hall–Kier alpha value is -1.63. The van der Waals surface area contributed by atoms with Crippen molar-refractivity contribution in [3.63, 3.8) is 0 Å². The van der Waals surface area contributed by atoms with Gasteiger partial charge in [-0.15, -0.1) is 0 Å². The largest absolute Gasteiger partial charge is 0.352 e. The van der Waals surface area contributed by atoms with Gasteiger partial charge in [0.25, 0.3) is 0 Å². The van der Waals surface area contributed by atoms with Crippen molar-refractivity contribution < 1.29 is 14.4 Å². The fourth-order valence-corrected chi connectivity index (χ4v) is 1.22. The molecule has 0 radical (unpaired) electrons. The fourth-order valence-electron chi connectivity index (χ4n) is 1.22. The first-order chi connectivity index (χ1) is 8.04. The van der Waals surface area contributed by atoms with Gasteiger partial charge < -0.3 is 21.3 Å². The molecule has 0 spiro atoms. The van der Waals surface area contributed by atoms with Crippen LogP contribution in [0.3, 0.4) is 0 Å². The molecule has 4 N–H and O–H groups in total. The highest BCUT2D eigenvalue weighted by Gasteiger charge is 2.25. The SMILES string of the molecule is CN(CC(=O)NC1CC1)C(=O)C(=O)NCCN. The first kappa shape index (κ1) is 13.4. The Balaban J connectivity index is 2.29. The lowest BCUT2D eigenvalue weighted by molar-refractivity contribution is -0.146. The summed E-state index contributed by atoms with van der Waals surface area (Å²) in [5.41, 5.74) is 5.19. The van der Waals surface area contributed by atoms with E-state index < -0.39 is 11.8 Å². The molecule has 17 heavy (non-hydrogen) atoms. The summed E-state index contributed by atoms with van der Waals surface area (Å²) in [6.45, 7) is 0.406. The molecule has 0 unspecified atom stereocenters. The van der Waals surface area contributed by atoms with Gasteiger partial charge in [0.05, 0.1) is 6.54 Å². The average Bonchev–Trinajstić information content (AvgIpc) is 3.08. The standard InChI is InChI=1S/C10H18N4O3/c1-14(6-8(15)13-7-2-3-7)10(17)9(16)12-5-4-11/h7H,2-6,11H2,1H3,(H,12,16)(H,13,15). The smallest absolute Gasteiger partial charge is 0.312 e. The van der Waals surface area contributed by atoms with Crippen LogP contribution in [0.15, 0.2) is 0 Å². The number of nitrogens with one attached hydrogen (secondary N) is 2. The van der Waals surface area contributed by atoms with E-state index in [0.717, 1.165) is 17.7 Å². The topological polar surface area (TPSA) is 105 Å². The molecular weight excluding hydrogens is 224 g/mol. The number of carbonyl (C=O) groups is 3. The van der Waals surface area contributed by atoms with Crippen molar-refractivity contribution in [1.29, 1.82) is 0 Å². The molecule has 0 saturated heterocycles. The summed E-state index contributed by atoms with van der Waals surface area (Å²) in [5, 5.41) is 5.09. The Labute approximate surface area is 99.7 Å². The lowest BCUT2D eigenvalue weighted by Crippen LogP contribution is -2.46. The number of rotatable bonds is 5. The third-order valence-electron chi connectivity index (χ3n) is 2.29. The van der Waals surface area contributed by atoms with Gasteiger partial charge in [-0.3, -0.25) is 14.4 Å². The molecule has 1 fully saturated rings. The maximum absolute atomic E-state index is 11.5. The van der Waals surface area contributed by atoms with Crippen LogP contribution < -0.4 is 16.4 Å². The highest BCUT2D eigenvalue weighted by molar-refractivity contribution is 6.35. The van der Waals surface area contributed by atoms with Crippen molar-refractivity contribution in [2.24, 2.45) is 5.73 Å². The summed E-state index contributed by atoms with van der Waals surface area (Å²) >= 11 is 0. The van der Waals surface area contributed by atoms with Gasteiger partial charge in [0, 0.05) is 26.2 Å². The molecule has 0 atom stereocenters. The van der Waals surface area contributed by atoms with Crippen LogP contribution in [-0.2, 0) is 14.4 Å². The molecule has 1 saturated carbocycles. The maximum Gasteiger partial charge on any atom is 0.312 e. The van der Waals surface area contributed by atoms with E-state index in [1.807, 2.05) is 0 Å². The number of nitrogens with two attached hydrogens (primary N) is 1. The van der Waals surface area contributed by atoms with E-state index in [2.05, 4.69) is 10.6 Å². The van der Waals surface area contributed by atoms with Crippen molar-refractivity contribution >= 4 is 17.7 Å². The molecule has 0 aromatic carbocycles. The Bertz CT molecular complexity index is 315. The Morgan fingerprint density at radius 2 is 2.00 bits per heavy atom. The molecule has 0 heterocycles. The van der Waals surface area contributed by atoms with Crippen LogP contribution in [0.25, 0.3) is 0 Å². The van der Waals surface area contributed by atoms with Gasteiger partial charge >= 0.3 is 11.8 Å². The molecule has 0 aromatic rings. The van der Waals surface area contributed by atoms with Crippen LogP contribution in [-0.4, -0.2) is 55.3 Å². The lowest BCUT2D eigenvalue weighted by Gasteiger charge is -2.15. The van der Waals surface area contributed by atoms with E-state index in [4.69, 9.17) is 5.73 Å². The van der Waals surface area contributed by atoms with E-state index in [9.17, 15) is 14.4 Å². The third kappa shape index (κ3) is 4.81. The molecule has 1 aliphatic carbocycles. The van der Waals surface area contributed by atoms with Gasteiger partial charge in [-0.05, 0) is 12.8 Å². The predicted octanol–water partition coefficient (Wildman–Crippen LogP) is -2.20.